The van der Waals surface area contributed by atoms with Gasteiger partial charge in [-0.1, -0.05) is 29.8 Å². The number of carbonyl (C=O) groups is 1. The number of aryl methyl sites for hydroxylation is 2. The first-order chi connectivity index (χ1) is 15.9. The van der Waals surface area contributed by atoms with Crippen molar-refractivity contribution in [3.63, 3.8) is 0 Å². The molecule has 1 fully saturated rings. The van der Waals surface area contributed by atoms with Gasteiger partial charge in [-0.2, -0.15) is 0 Å². The van der Waals surface area contributed by atoms with Gasteiger partial charge in [-0.05, 0) is 55.2 Å². The Hall–Kier alpha value is -2.67. The van der Waals surface area contributed by atoms with Gasteiger partial charge < -0.3 is 14.1 Å². The molecule has 3 heterocycles. The average Bonchev–Trinajstić information content (AvgIpc) is 3.07. The molecule has 1 aromatic heterocycles. The van der Waals surface area contributed by atoms with Gasteiger partial charge in [0.2, 0.25) is 5.76 Å². The maximum atomic E-state index is 13.7. The molecule has 33 heavy (non-hydrogen) atoms. The van der Waals surface area contributed by atoms with Gasteiger partial charge in [0.05, 0.1) is 30.2 Å². The predicted molar refractivity (Wildman–Crippen MR) is 128 cm³/mol. The van der Waals surface area contributed by atoms with Crippen molar-refractivity contribution in [3.8, 4) is 0 Å². The topological polar surface area (TPSA) is 63.0 Å². The summed E-state index contributed by atoms with van der Waals surface area (Å²) in [5.74, 6) is -0.0751. The van der Waals surface area contributed by atoms with Gasteiger partial charge in [0.15, 0.2) is 5.43 Å². The zero-order valence-corrected chi connectivity index (χ0v) is 19.7. The number of carbonyl (C=O) groups excluding carboxylic acids is 1. The van der Waals surface area contributed by atoms with E-state index in [1.54, 1.807) is 17.0 Å². The van der Waals surface area contributed by atoms with Crippen LogP contribution >= 0.6 is 11.6 Å². The van der Waals surface area contributed by atoms with E-state index in [4.69, 9.17) is 20.8 Å². The lowest BCUT2D eigenvalue weighted by Gasteiger charge is -2.29. The Morgan fingerprint density at radius 2 is 1.76 bits per heavy atom. The summed E-state index contributed by atoms with van der Waals surface area (Å²) < 4.78 is 11.5. The summed E-state index contributed by atoms with van der Waals surface area (Å²) in [5.41, 5.74) is 3.46. The third kappa shape index (κ3) is 4.07. The molecule has 7 heteroatoms. The highest BCUT2D eigenvalue weighted by molar-refractivity contribution is 6.30. The molecule has 0 N–H and O–H groups in total. The third-order valence-electron chi connectivity index (χ3n) is 6.58. The van der Waals surface area contributed by atoms with Crippen LogP contribution in [0, 0.1) is 13.8 Å². The largest absolute Gasteiger partial charge is 0.450 e. The molecule has 1 amide bonds. The van der Waals surface area contributed by atoms with Crippen molar-refractivity contribution in [3.05, 3.63) is 79.7 Å². The van der Waals surface area contributed by atoms with Gasteiger partial charge in [0.1, 0.15) is 5.58 Å². The van der Waals surface area contributed by atoms with Crippen LogP contribution in [0.4, 0.5) is 0 Å². The van der Waals surface area contributed by atoms with Crippen molar-refractivity contribution in [2.24, 2.45) is 0 Å². The minimum absolute atomic E-state index is 0.132. The van der Waals surface area contributed by atoms with Crippen molar-refractivity contribution in [1.29, 1.82) is 0 Å². The predicted octanol–water partition coefficient (Wildman–Crippen LogP) is 4.33. The molecule has 1 atom stereocenters. The number of fused-ring (bicyclic) bond motifs is 2. The van der Waals surface area contributed by atoms with Gasteiger partial charge in [-0.3, -0.25) is 14.5 Å². The molecule has 0 saturated carbocycles. The Bertz CT molecular complexity index is 1260. The van der Waals surface area contributed by atoms with Gasteiger partial charge in [0, 0.05) is 31.2 Å². The number of rotatable bonds is 5. The number of morpholine rings is 1. The Balaban J connectivity index is 1.56. The molecule has 0 unspecified atom stereocenters. The highest BCUT2D eigenvalue weighted by Gasteiger charge is 2.42. The molecule has 2 aliphatic heterocycles. The Labute approximate surface area is 197 Å². The Morgan fingerprint density at radius 1 is 1.03 bits per heavy atom. The number of amides is 1. The van der Waals surface area contributed by atoms with Gasteiger partial charge in [0.25, 0.3) is 5.91 Å². The molecule has 6 nitrogen and oxygen atoms in total. The van der Waals surface area contributed by atoms with E-state index in [1.807, 2.05) is 38.1 Å². The molecule has 172 valence electrons. The number of halogens is 1. The summed E-state index contributed by atoms with van der Waals surface area (Å²) in [6.07, 6.45) is 0.801. The molecular formula is C26H27ClN2O4. The number of ether oxygens (including phenoxy) is 1. The van der Waals surface area contributed by atoms with E-state index in [9.17, 15) is 9.59 Å². The van der Waals surface area contributed by atoms with Gasteiger partial charge >= 0.3 is 0 Å². The SMILES string of the molecule is Cc1cc(C)c2c(=O)c3c(oc2c1)C(=O)N(CCCN1CCOCC1)[C@@H]3c1ccc(Cl)cc1. The number of hydrogen-bond acceptors (Lipinski definition) is 5. The van der Waals surface area contributed by atoms with Crippen LogP contribution in [-0.4, -0.2) is 55.1 Å². The minimum Gasteiger partial charge on any atom is -0.450 e. The quantitative estimate of drug-likeness (QED) is 0.560. The fraction of sp³-hybridized carbons (Fsp3) is 0.385. The molecule has 0 bridgehead atoms. The number of benzene rings is 2. The van der Waals surface area contributed by atoms with Crippen LogP contribution in [0.25, 0.3) is 11.0 Å². The monoisotopic (exact) mass is 466 g/mol. The van der Waals surface area contributed by atoms with Crippen LogP contribution in [0.15, 0.2) is 45.6 Å². The highest BCUT2D eigenvalue weighted by Crippen LogP contribution is 2.39. The highest BCUT2D eigenvalue weighted by atomic mass is 35.5. The van der Waals surface area contributed by atoms with E-state index in [1.165, 1.54) is 0 Å². The third-order valence-corrected chi connectivity index (χ3v) is 6.83. The Kier molecular flexibility index (Phi) is 5.99. The second-order valence-corrected chi connectivity index (χ2v) is 9.33. The molecule has 0 aliphatic carbocycles. The molecular weight excluding hydrogens is 440 g/mol. The van der Waals surface area contributed by atoms with Gasteiger partial charge in [-0.15, -0.1) is 0 Å². The van der Waals surface area contributed by atoms with Crippen LogP contribution in [0.3, 0.4) is 0 Å². The average molecular weight is 467 g/mol. The molecule has 1 saturated heterocycles. The molecule has 2 aromatic carbocycles. The lowest BCUT2D eigenvalue weighted by Crippen LogP contribution is -2.38. The van der Waals surface area contributed by atoms with Crippen molar-refractivity contribution < 1.29 is 13.9 Å². The van der Waals surface area contributed by atoms with Crippen LogP contribution in [0.2, 0.25) is 5.02 Å². The molecule has 5 rings (SSSR count). The first-order valence-corrected chi connectivity index (χ1v) is 11.8. The fourth-order valence-corrected chi connectivity index (χ4v) is 5.15. The maximum absolute atomic E-state index is 13.7. The second-order valence-electron chi connectivity index (χ2n) is 8.89. The Morgan fingerprint density at radius 3 is 2.48 bits per heavy atom. The van der Waals surface area contributed by atoms with Crippen molar-refractivity contribution in [2.45, 2.75) is 26.3 Å². The van der Waals surface area contributed by atoms with Crippen LogP contribution < -0.4 is 5.43 Å². The molecule has 3 aromatic rings. The zero-order chi connectivity index (χ0) is 23.1. The normalized spacial score (nSPS) is 18.8. The lowest BCUT2D eigenvalue weighted by molar-refractivity contribution is 0.0353. The van der Waals surface area contributed by atoms with Crippen molar-refractivity contribution >= 4 is 28.5 Å². The van der Waals surface area contributed by atoms with Gasteiger partial charge in [-0.25, -0.2) is 0 Å². The number of hydrogen-bond donors (Lipinski definition) is 0. The van der Waals surface area contributed by atoms with Crippen LogP contribution in [0.1, 0.15) is 45.3 Å². The maximum Gasteiger partial charge on any atom is 0.290 e. The zero-order valence-electron chi connectivity index (χ0n) is 18.9. The smallest absolute Gasteiger partial charge is 0.290 e. The summed E-state index contributed by atoms with van der Waals surface area (Å²) in [5, 5.41) is 1.15. The summed E-state index contributed by atoms with van der Waals surface area (Å²) in [4.78, 5) is 31.4. The lowest BCUT2D eigenvalue weighted by atomic mass is 9.97. The summed E-state index contributed by atoms with van der Waals surface area (Å²) in [6, 6.07) is 10.7. The summed E-state index contributed by atoms with van der Waals surface area (Å²) >= 11 is 6.12. The van der Waals surface area contributed by atoms with Crippen molar-refractivity contribution in [2.75, 3.05) is 39.4 Å². The summed E-state index contributed by atoms with van der Waals surface area (Å²) in [6.45, 7) is 8.55. The van der Waals surface area contributed by atoms with E-state index in [0.717, 1.165) is 56.0 Å². The van der Waals surface area contributed by atoms with Crippen LogP contribution in [0.5, 0.6) is 0 Å². The second kappa shape index (κ2) is 8.93. The van der Waals surface area contributed by atoms with E-state index < -0.39 is 6.04 Å². The molecule has 2 aliphatic rings. The van der Waals surface area contributed by atoms with E-state index in [0.29, 0.717) is 28.1 Å². The van der Waals surface area contributed by atoms with Crippen molar-refractivity contribution in [1.82, 2.24) is 9.80 Å². The number of nitrogens with zero attached hydrogens (tertiary/aromatic N) is 2. The first-order valence-electron chi connectivity index (χ1n) is 11.4. The standard InChI is InChI=1S/C26H27ClN2O4/c1-16-14-17(2)21-20(15-16)33-25-22(24(21)30)23(18-4-6-19(27)7-5-18)29(26(25)31)9-3-8-28-10-12-32-13-11-28/h4-7,14-15,23H,3,8-13H2,1-2H3/t23-/m1/s1. The van der Waals surface area contributed by atoms with E-state index >= 15 is 0 Å². The molecule has 0 spiro atoms. The van der Waals surface area contributed by atoms with E-state index in [-0.39, 0.29) is 17.1 Å². The minimum atomic E-state index is -0.490. The van der Waals surface area contributed by atoms with Crippen LogP contribution in [-0.2, 0) is 4.74 Å². The fourth-order valence-electron chi connectivity index (χ4n) is 5.03. The van der Waals surface area contributed by atoms with E-state index in [2.05, 4.69) is 4.90 Å². The summed E-state index contributed by atoms with van der Waals surface area (Å²) in [7, 11) is 0. The molecule has 0 radical (unpaired) electrons. The first kappa shape index (κ1) is 22.1.